The lowest BCUT2D eigenvalue weighted by molar-refractivity contribution is 0.817. The molecule has 2 aromatic heterocycles. The van der Waals surface area contributed by atoms with E-state index in [0.717, 1.165) is 17.7 Å². The van der Waals surface area contributed by atoms with Gasteiger partial charge in [0.15, 0.2) is 0 Å². The highest BCUT2D eigenvalue weighted by Gasteiger charge is 2.07. The largest absolute Gasteiger partial charge is 0.397 e. The van der Waals surface area contributed by atoms with E-state index >= 15 is 0 Å². The number of anilines is 1. The number of rotatable bonds is 3. The van der Waals surface area contributed by atoms with Crippen molar-refractivity contribution in [3.05, 3.63) is 42.5 Å². The van der Waals surface area contributed by atoms with Crippen LogP contribution in [0.3, 0.4) is 0 Å². The number of aromatic nitrogens is 2. The van der Waals surface area contributed by atoms with Crippen LogP contribution in [0.15, 0.2) is 36.9 Å². The first-order valence-electron chi connectivity index (χ1n) is 5.10. The van der Waals surface area contributed by atoms with Crippen molar-refractivity contribution in [3.8, 4) is 11.1 Å². The third kappa shape index (κ3) is 2.01. The summed E-state index contributed by atoms with van der Waals surface area (Å²) >= 11 is 0. The lowest BCUT2D eigenvalue weighted by atomic mass is 10.0. The van der Waals surface area contributed by atoms with Crippen LogP contribution in [0.5, 0.6) is 0 Å². The van der Waals surface area contributed by atoms with E-state index in [2.05, 4.69) is 15.3 Å². The maximum absolute atomic E-state index is 5.91. The summed E-state index contributed by atoms with van der Waals surface area (Å²) in [6, 6.07) is 3.90. The van der Waals surface area contributed by atoms with E-state index in [1.165, 1.54) is 5.56 Å². The Hall–Kier alpha value is -1.94. The van der Waals surface area contributed by atoms with Crippen LogP contribution in [0.25, 0.3) is 11.1 Å². The minimum absolute atomic E-state index is 0.674. The van der Waals surface area contributed by atoms with Gasteiger partial charge in [-0.25, -0.2) is 0 Å². The lowest BCUT2D eigenvalue weighted by Gasteiger charge is -2.10. The fourth-order valence-electron chi connectivity index (χ4n) is 1.66. The van der Waals surface area contributed by atoms with Gasteiger partial charge in [0.25, 0.3) is 0 Å². The number of nitrogens with zero attached hydrogens (tertiary/aromatic N) is 2. The second kappa shape index (κ2) is 4.72. The predicted octanol–water partition coefficient (Wildman–Crippen LogP) is 1.45. The molecule has 0 saturated heterocycles. The topological polar surface area (TPSA) is 63.8 Å². The Kier molecular flexibility index (Phi) is 3.12. The zero-order valence-corrected chi connectivity index (χ0v) is 9.14. The van der Waals surface area contributed by atoms with Crippen LogP contribution < -0.4 is 11.1 Å². The quantitative estimate of drug-likeness (QED) is 0.811. The molecule has 0 amide bonds. The Morgan fingerprint density at radius 1 is 1.12 bits per heavy atom. The average molecular weight is 214 g/mol. The van der Waals surface area contributed by atoms with Gasteiger partial charge < -0.3 is 11.1 Å². The van der Waals surface area contributed by atoms with Crippen LogP contribution >= 0.6 is 0 Å². The summed E-state index contributed by atoms with van der Waals surface area (Å²) in [6.45, 7) is 0.791. The molecule has 0 fully saturated rings. The minimum Gasteiger partial charge on any atom is -0.397 e. The van der Waals surface area contributed by atoms with E-state index < -0.39 is 0 Å². The highest BCUT2D eigenvalue weighted by atomic mass is 14.8. The molecule has 0 aliphatic heterocycles. The predicted molar refractivity (Wildman–Crippen MR) is 64.6 cm³/mol. The number of nitrogen functional groups attached to an aromatic ring is 1. The Labute approximate surface area is 94.5 Å². The van der Waals surface area contributed by atoms with Gasteiger partial charge in [0.05, 0.1) is 11.9 Å². The molecule has 82 valence electrons. The van der Waals surface area contributed by atoms with E-state index in [9.17, 15) is 0 Å². The maximum atomic E-state index is 5.91. The Bertz CT molecular complexity index is 482. The summed E-state index contributed by atoms with van der Waals surface area (Å²) in [5.74, 6) is 0. The molecule has 4 heteroatoms. The van der Waals surface area contributed by atoms with Crippen molar-refractivity contribution >= 4 is 5.69 Å². The number of nitrogens with one attached hydrogen (secondary N) is 1. The van der Waals surface area contributed by atoms with Gasteiger partial charge >= 0.3 is 0 Å². The van der Waals surface area contributed by atoms with E-state index in [1.807, 2.05) is 25.4 Å². The molecule has 0 aliphatic carbocycles. The maximum Gasteiger partial charge on any atom is 0.0580 e. The van der Waals surface area contributed by atoms with Crippen LogP contribution in [-0.2, 0) is 6.54 Å². The van der Waals surface area contributed by atoms with Crippen LogP contribution in [-0.4, -0.2) is 17.0 Å². The zero-order chi connectivity index (χ0) is 11.4. The molecule has 0 unspecified atom stereocenters. The number of hydrogen-bond donors (Lipinski definition) is 2. The molecule has 0 saturated carbocycles. The Morgan fingerprint density at radius 3 is 2.62 bits per heavy atom. The summed E-state index contributed by atoms with van der Waals surface area (Å²) in [4.78, 5) is 8.13. The molecular weight excluding hydrogens is 200 g/mol. The van der Waals surface area contributed by atoms with Crippen molar-refractivity contribution < 1.29 is 0 Å². The van der Waals surface area contributed by atoms with E-state index in [1.54, 1.807) is 18.6 Å². The molecule has 0 atom stereocenters. The third-order valence-electron chi connectivity index (χ3n) is 2.42. The van der Waals surface area contributed by atoms with Gasteiger partial charge in [-0.1, -0.05) is 0 Å². The monoisotopic (exact) mass is 214 g/mol. The van der Waals surface area contributed by atoms with Crippen LogP contribution in [0.2, 0.25) is 0 Å². The van der Waals surface area contributed by atoms with Crippen LogP contribution in [0, 0.1) is 0 Å². The highest BCUT2D eigenvalue weighted by Crippen LogP contribution is 2.26. The van der Waals surface area contributed by atoms with Gasteiger partial charge in [-0.2, -0.15) is 0 Å². The van der Waals surface area contributed by atoms with Crippen molar-refractivity contribution in [2.24, 2.45) is 0 Å². The molecule has 2 heterocycles. The number of nitrogens with two attached hydrogens (primary N) is 1. The fraction of sp³-hybridized carbons (Fsp3) is 0.167. The second-order valence-corrected chi connectivity index (χ2v) is 3.53. The summed E-state index contributed by atoms with van der Waals surface area (Å²) < 4.78 is 0. The molecule has 0 spiro atoms. The van der Waals surface area contributed by atoms with Crippen molar-refractivity contribution in [3.63, 3.8) is 0 Å². The first-order chi connectivity index (χ1) is 7.83. The van der Waals surface area contributed by atoms with Crippen LogP contribution in [0.4, 0.5) is 5.69 Å². The zero-order valence-electron chi connectivity index (χ0n) is 9.14. The molecule has 4 nitrogen and oxygen atoms in total. The molecule has 16 heavy (non-hydrogen) atoms. The van der Waals surface area contributed by atoms with Gasteiger partial charge in [-0.15, -0.1) is 0 Å². The standard InChI is InChI=1S/C12H14N4/c1-14-6-9-2-4-15-7-11(9)10-3-5-16-8-12(10)13/h2-5,7-8,14H,6,13H2,1H3. The SMILES string of the molecule is CNCc1ccncc1-c1ccncc1N. The lowest BCUT2D eigenvalue weighted by Crippen LogP contribution is -2.07. The fourth-order valence-corrected chi connectivity index (χ4v) is 1.66. The molecule has 0 aliphatic rings. The summed E-state index contributed by atoms with van der Waals surface area (Å²) in [5.41, 5.74) is 9.79. The average Bonchev–Trinajstić information content (AvgIpc) is 2.31. The normalized spacial score (nSPS) is 10.3. The second-order valence-electron chi connectivity index (χ2n) is 3.53. The minimum atomic E-state index is 0.674. The van der Waals surface area contributed by atoms with Gasteiger partial charge in [0.1, 0.15) is 0 Å². The first kappa shape index (κ1) is 10.6. The van der Waals surface area contributed by atoms with Crippen molar-refractivity contribution in [2.75, 3.05) is 12.8 Å². The number of pyridine rings is 2. The molecule has 2 rings (SSSR count). The Balaban J connectivity index is 2.51. The van der Waals surface area contributed by atoms with Gasteiger partial charge in [0.2, 0.25) is 0 Å². The van der Waals surface area contributed by atoms with E-state index in [0.29, 0.717) is 5.69 Å². The molecule has 2 aromatic rings. The van der Waals surface area contributed by atoms with Gasteiger partial charge in [0, 0.05) is 36.3 Å². The van der Waals surface area contributed by atoms with E-state index in [4.69, 9.17) is 5.73 Å². The number of hydrogen-bond acceptors (Lipinski definition) is 4. The Morgan fingerprint density at radius 2 is 1.88 bits per heavy atom. The highest BCUT2D eigenvalue weighted by molar-refractivity contribution is 5.77. The van der Waals surface area contributed by atoms with Crippen LogP contribution in [0.1, 0.15) is 5.56 Å². The van der Waals surface area contributed by atoms with Crippen molar-refractivity contribution in [1.29, 1.82) is 0 Å². The van der Waals surface area contributed by atoms with Crippen molar-refractivity contribution in [1.82, 2.24) is 15.3 Å². The van der Waals surface area contributed by atoms with E-state index in [-0.39, 0.29) is 0 Å². The smallest absolute Gasteiger partial charge is 0.0580 e. The molecule has 0 bridgehead atoms. The molecular formula is C12H14N4. The summed E-state index contributed by atoms with van der Waals surface area (Å²) in [7, 11) is 1.92. The van der Waals surface area contributed by atoms with Gasteiger partial charge in [-0.05, 0) is 24.7 Å². The molecule has 0 radical (unpaired) electrons. The first-order valence-corrected chi connectivity index (χ1v) is 5.10. The third-order valence-corrected chi connectivity index (χ3v) is 2.42. The molecule has 0 aromatic carbocycles. The molecule has 3 N–H and O–H groups in total. The summed E-state index contributed by atoms with van der Waals surface area (Å²) in [6.07, 6.45) is 7.01. The van der Waals surface area contributed by atoms with Gasteiger partial charge in [-0.3, -0.25) is 9.97 Å². The van der Waals surface area contributed by atoms with Crippen molar-refractivity contribution in [2.45, 2.75) is 6.54 Å². The summed E-state index contributed by atoms with van der Waals surface area (Å²) in [5, 5.41) is 3.13.